The quantitative estimate of drug-likeness (QED) is 0.721. The van der Waals surface area contributed by atoms with Crippen LogP contribution >= 0.6 is 0 Å². The van der Waals surface area contributed by atoms with E-state index in [4.69, 9.17) is 4.74 Å². The van der Waals surface area contributed by atoms with Gasteiger partial charge in [0.1, 0.15) is 5.82 Å². The lowest BCUT2D eigenvalue weighted by Crippen LogP contribution is -2.26. The van der Waals surface area contributed by atoms with Crippen LogP contribution in [0.1, 0.15) is 35.5 Å². The van der Waals surface area contributed by atoms with Crippen molar-refractivity contribution in [3.8, 4) is 5.88 Å². The van der Waals surface area contributed by atoms with Gasteiger partial charge in [0, 0.05) is 30.4 Å². The van der Waals surface area contributed by atoms with Crippen molar-refractivity contribution in [1.29, 1.82) is 0 Å². The highest BCUT2D eigenvalue weighted by Gasteiger charge is 2.16. The van der Waals surface area contributed by atoms with Crippen molar-refractivity contribution >= 4 is 17.6 Å². The van der Waals surface area contributed by atoms with Crippen LogP contribution in [0.2, 0.25) is 0 Å². The Morgan fingerprint density at radius 3 is 2.61 bits per heavy atom. The highest BCUT2D eigenvalue weighted by Crippen LogP contribution is 2.15. The summed E-state index contributed by atoms with van der Waals surface area (Å²) in [4.78, 5) is 32.6. The standard InChI is InChI=1S/C19H22F2N4O3/c1-11(2)18(26)25-17-14(5-4-8-22-17)19(27)23-9-13-6-7-16(24-12(13)3)28-10-15(20)21/h4-8,11,15H,9-10H2,1-3H3,(H,23,27)(H,22,25,26). The highest BCUT2D eigenvalue weighted by atomic mass is 19.3. The van der Waals surface area contributed by atoms with Gasteiger partial charge in [-0.25, -0.2) is 18.7 Å². The number of amides is 2. The highest BCUT2D eigenvalue weighted by molar-refractivity contribution is 6.02. The first-order valence-electron chi connectivity index (χ1n) is 8.69. The van der Waals surface area contributed by atoms with Crippen LogP contribution in [0, 0.1) is 12.8 Å². The van der Waals surface area contributed by atoms with Gasteiger partial charge < -0.3 is 15.4 Å². The number of carbonyl (C=O) groups is 2. The predicted octanol–water partition coefficient (Wildman–Crippen LogP) is 2.95. The number of rotatable bonds is 8. The molecule has 0 aliphatic heterocycles. The molecule has 2 aromatic heterocycles. The zero-order valence-corrected chi connectivity index (χ0v) is 15.8. The van der Waals surface area contributed by atoms with E-state index in [1.807, 2.05) is 0 Å². The zero-order chi connectivity index (χ0) is 20.7. The second kappa shape index (κ2) is 9.72. The molecular formula is C19H22F2N4O3. The van der Waals surface area contributed by atoms with Crippen molar-refractivity contribution in [2.75, 3.05) is 11.9 Å². The van der Waals surface area contributed by atoms with Crippen LogP contribution in [0.25, 0.3) is 0 Å². The minimum atomic E-state index is -2.58. The molecule has 7 nitrogen and oxygen atoms in total. The molecular weight excluding hydrogens is 370 g/mol. The Balaban J connectivity index is 2.03. The lowest BCUT2D eigenvalue weighted by molar-refractivity contribution is -0.118. The van der Waals surface area contributed by atoms with E-state index in [-0.39, 0.29) is 35.6 Å². The lowest BCUT2D eigenvalue weighted by Gasteiger charge is -2.13. The van der Waals surface area contributed by atoms with Gasteiger partial charge in [-0.3, -0.25) is 9.59 Å². The summed E-state index contributed by atoms with van der Waals surface area (Å²) in [6.45, 7) is 4.60. The van der Waals surface area contributed by atoms with Gasteiger partial charge >= 0.3 is 0 Å². The number of aromatic nitrogens is 2. The summed E-state index contributed by atoms with van der Waals surface area (Å²) in [5, 5.41) is 5.37. The van der Waals surface area contributed by atoms with Gasteiger partial charge in [-0.05, 0) is 24.6 Å². The fourth-order valence-electron chi connectivity index (χ4n) is 2.20. The van der Waals surface area contributed by atoms with E-state index in [0.29, 0.717) is 11.3 Å². The summed E-state index contributed by atoms with van der Waals surface area (Å²) < 4.78 is 29.3. The molecule has 28 heavy (non-hydrogen) atoms. The van der Waals surface area contributed by atoms with Gasteiger partial charge in [-0.2, -0.15) is 0 Å². The Kier molecular flexibility index (Phi) is 7.36. The van der Waals surface area contributed by atoms with Crippen molar-refractivity contribution in [1.82, 2.24) is 15.3 Å². The van der Waals surface area contributed by atoms with E-state index in [9.17, 15) is 18.4 Å². The van der Waals surface area contributed by atoms with Crippen LogP contribution in [-0.2, 0) is 11.3 Å². The van der Waals surface area contributed by atoms with Crippen LogP contribution in [0.3, 0.4) is 0 Å². The molecule has 0 atom stereocenters. The van der Waals surface area contributed by atoms with E-state index < -0.39 is 18.9 Å². The van der Waals surface area contributed by atoms with Crippen LogP contribution in [0.4, 0.5) is 14.6 Å². The van der Waals surface area contributed by atoms with Gasteiger partial charge in [-0.1, -0.05) is 19.9 Å². The van der Waals surface area contributed by atoms with Crippen LogP contribution in [-0.4, -0.2) is 34.8 Å². The SMILES string of the molecule is Cc1nc(OCC(F)F)ccc1CNC(=O)c1cccnc1NC(=O)C(C)C. The fourth-order valence-corrected chi connectivity index (χ4v) is 2.20. The van der Waals surface area contributed by atoms with Crippen LogP contribution in [0.15, 0.2) is 30.5 Å². The molecule has 2 rings (SSSR count). The molecule has 0 saturated heterocycles. The number of ether oxygens (including phenoxy) is 1. The molecule has 2 heterocycles. The third-order valence-electron chi connectivity index (χ3n) is 3.78. The molecule has 0 radical (unpaired) electrons. The minimum absolute atomic E-state index is 0.0961. The Morgan fingerprint density at radius 1 is 1.21 bits per heavy atom. The summed E-state index contributed by atoms with van der Waals surface area (Å²) >= 11 is 0. The van der Waals surface area contributed by atoms with Gasteiger partial charge in [0.25, 0.3) is 12.3 Å². The summed E-state index contributed by atoms with van der Waals surface area (Å²) in [5.74, 6) is -0.627. The number of anilines is 1. The molecule has 0 aromatic carbocycles. The van der Waals surface area contributed by atoms with Gasteiger partial charge in [0.05, 0.1) is 5.56 Å². The van der Waals surface area contributed by atoms with Crippen molar-refractivity contribution in [3.05, 3.63) is 47.3 Å². The number of hydrogen-bond donors (Lipinski definition) is 2. The average Bonchev–Trinajstić information content (AvgIpc) is 2.65. The summed E-state index contributed by atoms with van der Waals surface area (Å²) in [6.07, 6.45) is -1.09. The van der Waals surface area contributed by atoms with Gasteiger partial charge in [-0.15, -0.1) is 0 Å². The van der Waals surface area contributed by atoms with Crippen molar-refractivity contribution < 1.29 is 23.1 Å². The van der Waals surface area contributed by atoms with E-state index in [1.54, 1.807) is 39.0 Å². The monoisotopic (exact) mass is 392 g/mol. The zero-order valence-electron chi connectivity index (χ0n) is 15.8. The number of alkyl halides is 2. The molecule has 0 aliphatic carbocycles. The summed E-state index contributed by atoms with van der Waals surface area (Å²) in [7, 11) is 0. The molecule has 0 unspecified atom stereocenters. The third kappa shape index (κ3) is 5.97. The number of aryl methyl sites for hydroxylation is 1. The number of nitrogens with one attached hydrogen (secondary N) is 2. The molecule has 2 amide bonds. The Bertz CT molecular complexity index is 844. The average molecular weight is 392 g/mol. The minimum Gasteiger partial charge on any atom is -0.472 e. The predicted molar refractivity (Wildman–Crippen MR) is 99.3 cm³/mol. The molecule has 2 aromatic rings. The molecule has 0 spiro atoms. The van der Waals surface area contributed by atoms with E-state index in [0.717, 1.165) is 0 Å². The lowest BCUT2D eigenvalue weighted by atomic mass is 10.1. The maximum Gasteiger partial charge on any atom is 0.272 e. The first-order valence-corrected chi connectivity index (χ1v) is 8.69. The molecule has 2 N–H and O–H groups in total. The maximum absolute atomic E-state index is 12.5. The Morgan fingerprint density at radius 2 is 1.96 bits per heavy atom. The smallest absolute Gasteiger partial charge is 0.272 e. The number of carbonyl (C=O) groups excluding carboxylic acids is 2. The van der Waals surface area contributed by atoms with Crippen LogP contribution < -0.4 is 15.4 Å². The van der Waals surface area contributed by atoms with E-state index in [2.05, 4.69) is 20.6 Å². The molecule has 9 heteroatoms. The topological polar surface area (TPSA) is 93.2 Å². The Labute approximate surface area is 161 Å². The summed E-state index contributed by atoms with van der Waals surface area (Å²) in [6, 6.07) is 6.27. The first kappa shape index (κ1) is 21.2. The first-order chi connectivity index (χ1) is 13.3. The number of nitrogens with zero attached hydrogens (tertiary/aromatic N) is 2. The molecule has 0 aliphatic rings. The Hall–Kier alpha value is -3.10. The third-order valence-corrected chi connectivity index (χ3v) is 3.78. The van der Waals surface area contributed by atoms with E-state index >= 15 is 0 Å². The van der Waals surface area contributed by atoms with Crippen LogP contribution in [0.5, 0.6) is 5.88 Å². The van der Waals surface area contributed by atoms with Gasteiger partial charge in [0.2, 0.25) is 11.8 Å². The van der Waals surface area contributed by atoms with Crippen molar-refractivity contribution in [3.63, 3.8) is 0 Å². The molecule has 0 bridgehead atoms. The largest absolute Gasteiger partial charge is 0.472 e. The summed E-state index contributed by atoms with van der Waals surface area (Å²) in [5.41, 5.74) is 1.49. The second-order valence-corrected chi connectivity index (χ2v) is 6.32. The maximum atomic E-state index is 12.5. The fraction of sp³-hybridized carbons (Fsp3) is 0.368. The number of hydrogen-bond acceptors (Lipinski definition) is 5. The molecule has 0 saturated carbocycles. The molecule has 150 valence electrons. The van der Waals surface area contributed by atoms with E-state index in [1.165, 1.54) is 12.3 Å². The second-order valence-electron chi connectivity index (χ2n) is 6.32. The molecule has 0 fully saturated rings. The van der Waals surface area contributed by atoms with Gasteiger partial charge in [0.15, 0.2) is 6.61 Å². The normalized spacial score (nSPS) is 10.8. The number of halogens is 2. The van der Waals surface area contributed by atoms with Crippen molar-refractivity contribution in [2.24, 2.45) is 5.92 Å². The number of pyridine rings is 2. The van der Waals surface area contributed by atoms with Crippen molar-refractivity contribution in [2.45, 2.75) is 33.7 Å².